The lowest BCUT2D eigenvalue weighted by atomic mass is 9.83. The van der Waals surface area contributed by atoms with Gasteiger partial charge in [0.05, 0.1) is 18.3 Å². The van der Waals surface area contributed by atoms with E-state index in [-0.39, 0.29) is 0 Å². The molecule has 168 valence electrons. The molecule has 0 aliphatic carbocycles. The van der Waals surface area contributed by atoms with Crippen molar-refractivity contribution >= 4 is 5.97 Å². The number of carbonyl (C=O) groups is 1. The van der Waals surface area contributed by atoms with Crippen LogP contribution < -0.4 is 4.74 Å². The summed E-state index contributed by atoms with van der Waals surface area (Å²) in [6.45, 7) is 11.0. The van der Waals surface area contributed by atoms with Gasteiger partial charge in [-0.1, -0.05) is 39.8 Å². The highest BCUT2D eigenvalue weighted by molar-refractivity contribution is 5.90. The van der Waals surface area contributed by atoms with Crippen LogP contribution in [0.2, 0.25) is 0 Å². The summed E-state index contributed by atoms with van der Waals surface area (Å²) in [7, 11) is 1.72. The fourth-order valence-electron chi connectivity index (χ4n) is 3.08. The Morgan fingerprint density at radius 2 is 1.77 bits per heavy atom. The number of carbonyl (C=O) groups excluding carboxylic acids is 1. The number of hydrogen-bond donors (Lipinski definition) is 1. The van der Waals surface area contributed by atoms with E-state index in [0.717, 1.165) is 38.0 Å². The van der Waals surface area contributed by atoms with Gasteiger partial charge in [0.2, 0.25) is 0 Å². The Kier molecular flexibility index (Phi) is 12.1. The van der Waals surface area contributed by atoms with Gasteiger partial charge in [0.25, 0.3) is 0 Å². The van der Waals surface area contributed by atoms with E-state index in [2.05, 4.69) is 6.58 Å². The minimum atomic E-state index is -0.494. The van der Waals surface area contributed by atoms with Crippen molar-refractivity contribution in [3.63, 3.8) is 0 Å². The van der Waals surface area contributed by atoms with Crippen molar-refractivity contribution in [1.29, 1.82) is 0 Å². The average Bonchev–Trinajstić information content (AvgIpc) is 2.72. The molecule has 0 amide bonds. The van der Waals surface area contributed by atoms with Gasteiger partial charge in [-0.25, -0.2) is 4.79 Å². The molecule has 0 saturated heterocycles. The maximum atomic E-state index is 12.6. The highest BCUT2D eigenvalue weighted by Crippen LogP contribution is 2.34. The van der Waals surface area contributed by atoms with E-state index in [1.54, 1.807) is 43.5 Å². The maximum absolute atomic E-state index is 12.6. The average molecular weight is 419 g/mol. The summed E-state index contributed by atoms with van der Waals surface area (Å²) < 4.78 is 16.4. The van der Waals surface area contributed by atoms with Gasteiger partial charge in [-0.15, -0.1) is 0 Å². The molecule has 0 fully saturated rings. The quantitative estimate of drug-likeness (QED) is 0.172. The van der Waals surface area contributed by atoms with Crippen LogP contribution >= 0.6 is 0 Å². The summed E-state index contributed by atoms with van der Waals surface area (Å²) >= 11 is 0. The van der Waals surface area contributed by atoms with E-state index in [9.17, 15) is 9.90 Å². The first kappa shape index (κ1) is 25.9. The zero-order valence-electron chi connectivity index (χ0n) is 19.0. The summed E-state index contributed by atoms with van der Waals surface area (Å²) in [4.78, 5) is 12.6. The molecule has 1 N–H and O–H groups in total. The van der Waals surface area contributed by atoms with Crippen LogP contribution in [0.15, 0.2) is 48.8 Å². The van der Waals surface area contributed by atoms with Gasteiger partial charge in [-0.3, -0.25) is 0 Å². The van der Waals surface area contributed by atoms with Crippen molar-refractivity contribution in [3.8, 4) is 5.75 Å². The monoisotopic (exact) mass is 418 g/mol. The smallest absolute Gasteiger partial charge is 0.343 e. The van der Waals surface area contributed by atoms with E-state index in [0.29, 0.717) is 30.8 Å². The molecule has 1 atom stereocenters. The molecular formula is C25H38O5. The second kappa shape index (κ2) is 14.0. The number of ether oxygens (including phenoxy) is 3. The molecule has 0 spiro atoms. The lowest BCUT2D eigenvalue weighted by Crippen LogP contribution is -2.25. The molecule has 0 bridgehead atoms. The van der Waals surface area contributed by atoms with Crippen molar-refractivity contribution in [3.05, 3.63) is 54.3 Å². The molecule has 1 rings (SSSR count). The second-order valence-electron chi connectivity index (χ2n) is 8.09. The van der Waals surface area contributed by atoms with Crippen LogP contribution in [0.25, 0.3) is 0 Å². The summed E-state index contributed by atoms with van der Waals surface area (Å²) in [5.41, 5.74) is -0.0466. The predicted molar refractivity (Wildman–Crippen MR) is 121 cm³/mol. The van der Waals surface area contributed by atoms with E-state index < -0.39 is 17.5 Å². The fraction of sp³-hybridized carbons (Fsp3) is 0.560. The molecule has 1 unspecified atom stereocenters. The molecule has 0 aliphatic rings. The number of allylic oxidation sites excluding steroid dienone is 3. The number of esters is 1. The minimum absolute atomic E-state index is 0.438. The first-order chi connectivity index (χ1) is 14.3. The van der Waals surface area contributed by atoms with Crippen LogP contribution in [0.4, 0.5) is 0 Å². The molecule has 5 heteroatoms. The Morgan fingerprint density at radius 1 is 1.13 bits per heavy atom. The highest BCUT2D eigenvalue weighted by Gasteiger charge is 2.29. The van der Waals surface area contributed by atoms with Gasteiger partial charge < -0.3 is 19.3 Å². The molecule has 0 aliphatic heterocycles. The standard InChI is InChI=1S/C25H38O5/c1-6-12-23(25(3,4)19-21(26)7-2)30-24(27)20-13-15-22(16-14-20)29-18-11-9-8-10-17-28-5/h6,12-16,21,26H,1,7-11,17-19H2,2-5H3/b23-12+. The van der Waals surface area contributed by atoms with Crippen LogP contribution in [0, 0.1) is 5.41 Å². The maximum Gasteiger partial charge on any atom is 0.343 e. The molecule has 0 aromatic heterocycles. The molecule has 1 aromatic carbocycles. The third-order valence-electron chi connectivity index (χ3n) is 4.96. The lowest BCUT2D eigenvalue weighted by Gasteiger charge is -2.29. The van der Waals surface area contributed by atoms with Crippen molar-refractivity contribution in [2.45, 2.75) is 65.4 Å². The van der Waals surface area contributed by atoms with Crippen molar-refractivity contribution in [2.24, 2.45) is 5.41 Å². The van der Waals surface area contributed by atoms with Gasteiger partial charge in [0.1, 0.15) is 11.5 Å². The van der Waals surface area contributed by atoms with Crippen molar-refractivity contribution in [2.75, 3.05) is 20.3 Å². The number of benzene rings is 1. The molecule has 30 heavy (non-hydrogen) atoms. The van der Waals surface area contributed by atoms with Crippen LogP contribution in [0.1, 0.15) is 69.7 Å². The van der Waals surface area contributed by atoms with E-state index in [4.69, 9.17) is 14.2 Å². The number of unbranched alkanes of at least 4 members (excludes halogenated alkanes) is 3. The predicted octanol–water partition coefficient (Wildman–Crippen LogP) is 5.69. The third-order valence-corrected chi connectivity index (χ3v) is 4.96. The zero-order chi connectivity index (χ0) is 22.4. The number of rotatable bonds is 15. The van der Waals surface area contributed by atoms with Crippen molar-refractivity contribution < 1.29 is 24.1 Å². The SMILES string of the molecule is C=C/C=C(/OC(=O)c1ccc(OCCCCCCOC)cc1)C(C)(C)CC(O)CC. The summed E-state index contributed by atoms with van der Waals surface area (Å²) in [5, 5.41) is 10.0. The molecule has 0 radical (unpaired) electrons. The number of aliphatic hydroxyl groups excluding tert-OH is 1. The topological polar surface area (TPSA) is 65.0 Å². The van der Waals surface area contributed by atoms with Gasteiger partial charge in [-0.05, 0) is 62.4 Å². The first-order valence-electron chi connectivity index (χ1n) is 10.8. The minimum Gasteiger partial charge on any atom is -0.494 e. The number of hydrogen-bond acceptors (Lipinski definition) is 5. The fourth-order valence-corrected chi connectivity index (χ4v) is 3.08. The molecule has 0 saturated carbocycles. The van der Waals surface area contributed by atoms with Crippen LogP contribution in [0.3, 0.4) is 0 Å². The van der Waals surface area contributed by atoms with Gasteiger partial charge in [0, 0.05) is 19.1 Å². The Hall–Kier alpha value is -2.11. The van der Waals surface area contributed by atoms with Crippen LogP contribution in [-0.2, 0) is 9.47 Å². The molecule has 1 aromatic rings. The first-order valence-corrected chi connectivity index (χ1v) is 10.8. The Balaban J connectivity index is 2.59. The van der Waals surface area contributed by atoms with Gasteiger partial charge >= 0.3 is 5.97 Å². The van der Waals surface area contributed by atoms with Crippen molar-refractivity contribution in [1.82, 2.24) is 0 Å². The number of methoxy groups -OCH3 is 1. The highest BCUT2D eigenvalue weighted by atomic mass is 16.5. The molecule has 5 nitrogen and oxygen atoms in total. The van der Waals surface area contributed by atoms with Crippen LogP contribution in [0.5, 0.6) is 5.75 Å². The van der Waals surface area contributed by atoms with E-state index in [1.165, 1.54) is 0 Å². The van der Waals surface area contributed by atoms with Gasteiger partial charge in [0.15, 0.2) is 0 Å². The normalized spacial score (nSPS) is 13.0. The molecular weight excluding hydrogens is 380 g/mol. The summed E-state index contributed by atoms with van der Waals surface area (Å²) in [6, 6.07) is 6.97. The van der Waals surface area contributed by atoms with E-state index in [1.807, 2.05) is 20.8 Å². The Morgan fingerprint density at radius 3 is 2.33 bits per heavy atom. The lowest BCUT2D eigenvalue weighted by molar-refractivity contribution is 0.0470. The van der Waals surface area contributed by atoms with Gasteiger partial charge in [-0.2, -0.15) is 0 Å². The Bertz CT molecular complexity index is 661. The number of aliphatic hydroxyl groups is 1. The summed E-state index contributed by atoms with van der Waals surface area (Å²) in [6.07, 6.45) is 8.26. The summed E-state index contributed by atoms with van der Waals surface area (Å²) in [5.74, 6) is 0.785. The zero-order valence-corrected chi connectivity index (χ0v) is 19.0. The van der Waals surface area contributed by atoms with Crippen LogP contribution in [-0.4, -0.2) is 37.5 Å². The van der Waals surface area contributed by atoms with E-state index >= 15 is 0 Å². The largest absolute Gasteiger partial charge is 0.494 e. The third kappa shape index (κ3) is 9.59. The Labute approximate surface area is 181 Å². The molecule has 0 heterocycles. The second-order valence-corrected chi connectivity index (χ2v) is 8.09.